The summed E-state index contributed by atoms with van der Waals surface area (Å²) in [4.78, 5) is 25.0. The normalized spacial score (nSPS) is 13.8. The molecule has 0 saturated heterocycles. The van der Waals surface area contributed by atoms with Crippen LogP contribution in [-0.2, 0) is 25.1 Å². The molecule has 8 heteroatoms. The molecule has 0 amide bonds. The van der Waals surface area contributed by atoms with Crippen molar-refractivity contribution >= 4 is 56.0 Å². The number of hydrogen-bond donors (Lipinski definition) is 0. The molecule has 1 aromatic carbocycles. The summed E-state index contributed by atoms with van der Waals surface area (Å²) in [6.45, 7) is 6.39. The molecule has 0 unspecified atom stereocenters. The highest BCUT2D eigenvalue weighted by atomic mass is 35.5. The number of thioether (sulfide) groups is 1. The van der Waals surface area contributed by atoms with Gasteiger partial charge in [0.15, 0.2) is 10.7 Å². The molecule has 0 spiro atoms. The minimum absolute atomic E-state index is 0.0363. The van der Waals surface area contributed by atoms with Gasteiger partial charge < -0.3 is 4.42 Å². The zero-order valence-electron chi connectivity index (χ0n) is 16.5. The molecule has 3 heterocycles. The van der Waals surface area contributed by atoms with Gasteiger partial charge in [-0.25, -0.2) is 9.97 Å². The second-order valence-electron chi connectivity index (χ2n) is 7.64. The monoisotopic (exact) mass is 457 g/mol. The molecule has 1 aliphatic carbocycles. The number of hydrogen-bond acceptors (Lipinski definition) is 6. The lowest BCUT2D eigenvalue weighted by Crippen LogP contribution is -2.24. The molecule has 0 atom stereocenters. The van der Waals surface area contributed by atoms with Crippen molar-refractivity contribution in [3.8, 4) is 0 Å². The van der Waals surface area contributed by atoms with Gasteiger partial charge in [0.2, 0.25) is 5.89 Å². The Labute approximate surface area is 186 Å². The van der Waals surface area contributed by atoms with Crippen LogP contribution in [0.3, 0.4) is 0 Å². The number of halogens is 1. The van der Waals surface area contributed by atoms with Crippen molar-refractivity contribution in [1.82, 2.24) is 14.5 Å². The summed E-state index contributed by atoms with van der Waals surface area (Å²) in [5.41, 5.74) is 3.59. The van der Waals surface area contributed by atoms with Crippen molar-refractivity contribution in [3.63, 3.8) is 0 Å². The zero-order valence-corrected chi connectivity index (χ0v) is 18.9. The van der Waals surface area contributed by atoms with Crippen LogP contribution in [0.15, 0.2) is 44.7 Å². The average Bonchev–Trinajstić information content (AvgIpc) is 3.28. The second kappa shape index (κ2) is 7.87. The van der Waals surface area contributed by atoms with E-state index >= 15 is 0 Å². The SMILES string of the molecule is C=C(C)Cn1c(SCc2nc3ccc(Cl)cc3o2)nc2sc3c(c2c1=O)CCCC3. The van der Waals surface area contributed by atoms with Gasteiger partial charge in [0.25, 0.3) is 5.56 Å². The van der Waals surface area contributed by atoms with Crippen molar-refractivity contribution in [2.24, 2.45) is 0 Å². The van der Waals surface area contributed by atoms with Gasteiger partial charge in [0.05, 0.1) is 11.1 Å². The quantitative estimate of drug-likeness (QED) is 0.209. The minimum Gasteiger partial charge on any atom is -0.440 e. The Morgan fingerprint density at radius 3 is 3.00 bits per heavy atom. The lowest BCUT2D eigenvalue weighted by atomic mass is 9.97. The third-order valence-electron chi connectivity index (χ3n) is 5.19. The summed E-state index contributed by atoms with van der Waals surface area (Å²) < 4.78 is 7.58. The Balaban J connectivity index is 1.54. The number of benzene rings is 1. The first-order valence-electron chi connectivity index (χ1n) is 9.87. The van der Waals surface area contributed by atoms with Gasteiger partial charge in [-0.15, -0.1) is 11.3 Å². The average molecular weight is 458 g/mol. The van der Waals surface area contributed by atoms with E-state index in [1.807, 2.05) is 13.0 Å². The first-order chi connectivity index (χ1) is 14.5. The number of fused-ring (bicyclic) bond motifs is 4. The van der Waals surface area contributed by atoms with Gasteiger partial charge in [0.1, 0.15) is 10.3 Å². The largest absolute Gasteiger partial charge is 0.440 e. The maximum Gasteiger partial charge on any atom is 0.263 e. The predicted molar refractivity (Wildman–Crippen MR) is 124 cm³/mol. The molecular formula is C22H20ClN3O2S2. The molecular weight excluding hydrogens is 438 g/mol. The van der Waals surface area contributed by atoms with Gasteiger partial charge in [-0.05, 0) is 50.3 Å². The number of thiophene rings is 1. The second-order valence-corrected chi connectivity index (χ2v) is 10.1. The van der Waals surface area contributed by atoms with Gasteiger partial charge in [-0.1, -0.05) is 35.5 Å². The fourth-order valence-electron chi connectivity index (χ4n) is 3.87. The molecule has 3 aromatic heterocycles. The fraction of sp³-hybridized carbons (Fsp3) is 0.318. The van der Waals surface area contributed by atoms with Crippen molar-refractivity contribution in [2.75, 3.05) is 0 Å². The minimum atomic E-state index is 0.0363. The molecule has 5 rings (SSSR count). The smallest absolute Gasteiger partial charge is 0.263 e. The highest BCUT2D eigenvalue weighted by Gasteiger charge is 2.22. The van der Waals surface area contributed by atoms with E-state index in [1.165, 1.54) is 28.6 Å². The predicted octanol–water partition coefficient (Wildman–Crippen LogP) is 6.00. The zero-order chi connectivity index (χ0) is 20.8. The molecule has 0 bridgehead atoms. The Morgan fingerprint density at radius 1 is 1.33 bits per heavy atom. The summed E-state index contributed by atoms with van der Waals surface area (Å²) in [6.07, 6.45) is 4.33. The third-order valence-corrected chi connectivity index (χ3v) is 7.57. The third kappa shape index (κ3) is 3.59. The van der Waals surface area contributed by atoms with Crippen LogP contribution in [0, 0.1) is 0 Å². The summed E-state index contributed by atoms with van der Waals surface area (Å²) in [5, 5.41) is 2.09. The van der Waals surface area contributed by atoms with Crippen LogP contribution in [0.25, 0.3) is 21.3 Å². The Kier molecular flexibility index (Phi) is 5.21. The lowest BCUT2D eigenvalue weighted by molar-refractivity contribution is 0.555. The van der Waals surface area contributed by atoms with Gasteiger partial charge in [-0.3, -0.25) is 9.36 Å². The summed E-state index contributed by atoms with van der Waals surface area (Å²) in [6, 6.07) is 5.39. The van der Waals surface area contributed by atoms with Gasteiger partial charge >= 0.3 is 0 Å². The van der Waals surface area contributed by atoms with E-state index in [1.54, 1.807) is 28.0 Å². The van der Waals surface area contributed by atoms with E-state index in [-0.39, 0.29) is 5.56 Å². The van der Waals surface area contributed by atoms with Crippen molar-refractivity contribution < 1.29 is 4.42 Å². The summed E-state index contributed by atoms with van der Waals surface area (Å²) in [5.74, 6) is 1.06. The topological polar surface area (TPSA) is 60.9 Å². The molecule has 154 valence electrons. The van der Waals surface area contributed by atoms with Crippen LogP contribution in [0.5, 0.6) is 0 Å². The van der Waals surface area contributed by atoms with Crippen LogP contribution >= 0.6 is 34.7 Å². The fourth-order valence-corrected chi connectivity index (χ4v) is 6.18. The number of aryl methyl sites for hydroxylation is 2. The Bertz CT molecular complexity index is 1350. The van der Waals surface area contributed by atoms with Gasteiger partial charge in [0, 0.05) is 22.5 Å². The van der Waals surface area contributed by atoms with Crippen molar-refractivity contribution in [3.05, 3.63) is 62.1 Å². The maximum absolute atomic E-state index is 13.4. The number of oxazole rings is 1. The molecule has 0 N–H and O–H groups in total. The number of allylic oxidation sites excluding steroid dienone is 1. The molecule has 0 radical (unpaired) electrons. The molecule has 5 nitrogen and oxygen atoms in total. The standard InChI is InChI=1S/C22H20ClN3O2S2/c1-12(2)10-26-21(27)19-14-5-3-4-6-17(14)30-20(19)25-22(26)29-11-18-24-15-8-7-13(23)9-16(15)28-18/h7-9H,1,3-6,10-11H2,2H3. The first-order valence-corrected chi connectivity index (χ1v) is 12.0. The van der Waals surface area contributed by atoms with Crippen molar-refractivity contribution in [1.29, 1.82) is 0 Å². The molecule has 0 fully saturated rings. The highest BCUT2D eigenvalue weighted by Crippen LogP contribution is 2.35. The van der Waals surface area contributed by atoms with E-state index < -0.39 is 0 Å². The van der Waals surface area contributed by atoms with E-state index in [0.29, 0.717) is 34.0 Å². The van der Waals surface area contributed by atoms with E-state index in [4.69, 9.17) is 21.0 Å². The highest BCUT2D eigenvalue weighted by molar-refractivity contribution is 7.98. The number of aromatic nitrogens is 3. The van der Waals surface area contributed by atoms with E-state index in [0.717, 1.165) is 40.6 Å². The number of rotatable bonds is 5. The molecule has 4 aromatic rings. The Morgan fingerprint density at radius 2 is 2.17 bits per heavy atom. The Hall–Kier alpha value is -2.09. The molecule has 1 aliphatic rings. The van der Waals surface area contributed by atoms with Crippen LogP contribution in [0.1, 0.15) is 36.1 Å². The maximum atomic E-state index is 13.4. The lowest BCUT2D eigenvalue weighted by Gasteiger charge is -2.13. The summed E-state index contributed by atoms with van der Waals surface area (Å²) >= 11 is 9.17. The summed E-state index contributed by atoms with van der Waals surface area (Å²) in [7, 11) is 0. The van der Waals surface area contributed by atoms with E-state index in [9.17, 15) is 4.79 Å². The van der Waals surface area contributed by atoms with Crippen LogP contribution in [0.2, 0.25) is 5.02 Å². The van der Waals surface area contributed by atoms with Crippen LogP contribution in [0.4, 0.5) is 0 Å². The molecule has 30 heavy (non-hydrogen) atoms. The number of nitrogens with zero attached hydrogens (tertiary/aromatic N) is 3. The van der Waals surface area contributed by atoms with Crippen LogP contribution in [-0.4, -0.2) is 14.5 Å². The van der Waals surface area contributed by atoms with Crippen molar-refractivity contribution in [2.45, 2.75) is 50.1 Å². The molecule has 0 aliphatic heterocycles. The molecule has 0 saturated carbocycles. The van der Waals surface area contributed by atoms with E-state index in [2.05, 4.69) is 11.6 Å². The van der Waals surface area contributed by atoms with Crippen LogP contribution < -0.4 is 5.56 Å². The first kappa shape index (κ1) is 19.8. The van der Waals surface area contributed by atoms with Gasteiger partial charge in [-0.2, -0.15) is 0 Å².